The predicted octanol–water partition coefficient (Wildman–Crippen LogP) is 3.40. The first-order chi connectivity index (χ1) is 12.3. The number of carbonyl (C=O) groups excluding carboxylic acids is 1. The second kappa shape index (κ2) is 9.30. The molecule has 2 aromatic rings. The number of thioether (sulfide) groups is 1. The van der Waals surface area contributed by atoms with E-state index >= 15 is 0 Å². The van der Waals surface area contributed by atoms with Gasteiger partial charge in [0.1, 0.15) is 0 Å². The van der Waals surface area contributed by atoms with Crippen LogP contribution in [-0.2, 0) is 15.8 Å². The monoisotopic (exact) mass is 412 g/mol. The fourth-order valence-corrected chi connectivity index (χ4v) is 3.80. The number of hydrogen-bond acceptors (Lipinski definition) is 4. The zero-order valence-corrected chi connectivity index (χ0v) is 17.0. The van der Waals surface area contributed by atoms with Crippen molar-refractivity contribution in [2.45, 2.75) is 5.75 Å². The molecule has 0 bridgehead atoms. The van der Waals surface area contributed by atoms with E-state index in [4.69, 9.17) is 11.6 Å². The fraction of sp³-hybridized carbons (Fsp3) is 0.278. The third-order valence-electron chi connectivity index (χ3n) is 3.68. The minimum Gasteiger partial charge on any atom is -0.351 e. The molecule has 1 N–H and O–H groups in total. The average Bonchev–Trinajstić information content (AvgIpc) is 2.60. The van der Waals surface area contributed by atoms with Gasteiger partial charge in [-0.15, -0.1) is 0 Å². The number of halogens is 1. The molecule has 0 saturated carbocycles. The molecule has 0 aromatic heterocycles. The van der Waals surface area contributed by atoms with Crippen LogP contribution in [0.1, 0.15) is 15.9 Å². The number of para-hydroxylation sites is 1. The number of nitrogens with one attached hydrogen (secondary N) is 1. The third kappa shape index (κ3) is 5.93. The molecule has 0 atom stereocenters. The molecule has 0 fully saturated rings. The molecule has 0 heterocycles. The molecule has 26 heavy (non-hydrogen) atoms. The molecule has 1 amide bonds. The lowest BCUT2D eigenvalue weighted by Gasteiger charge is -2.19. The number of hydrogen-bond donors (Lipinski definition) is 1. The molecule has 8 heteroatoms. The van der Waals surface area contributed by atoms with Crippen molar-refractivity contribution in [1.82, 2.24) is 5.32 Å². The van der Waals surface area contributed by atoms with Crippen molar-refractivity contribution in [3.05, 3.63) is 64.7 Å². The van der Waals surface area contributed by atoms with Gasteiger partial charge in [0.2, 0.25) is 10.0 Å². The van der Waals surface area contributed by atoms with Crippen LogP contribution in [0.15, 0.2) is 48.5 Å². The highest BCUT2D eigenvalue weighted by atomic mass is 35.5. The summed E-state index contributed by atoms with van der Waals surface area (Å²) in [5.41, 5.74) is 1.83. The lowest BCUT2D eigenvalue weighted by Crippen LogP contribution is -2.30. The van der Waals surface area contributed by atoms with Gasteiger partial charge >= 0.3 is 0 Å². The van der Waals surface area contributed by atoms with Gasteiger partial charge in [-0.05, 0) is 29.8 Å². The molecular formula is C18H21ClN2O3S2. The Labute approximate surface area is 163 Å². The van der Waals surface area contributed by atoms with Gasteiger partial charge < -0.3 is 5.32 Å². The molecule has 0 saturated heterocycles. The maximum Gasteiger partial charge on any atom is 0.253 e. The number of carbonyl (C=O) groups is 1. The lowest BCUT2D eigenvalue weighted by atomic mass is 10.1. The van der Waals surface area contributed by atoms with Gasteiger partial charge in [0.15, 0.2) is 0 Å². The van der Waals surface area contributed by atoms with E-state index in [9.17, 15) is 13.2 Å². The van der Waals surface area contributed by atoms with E-state index in [-0.39, 0.29) is 5.91 Å². The number of benzene rings is 2. The Balaban J connectivity index is 1.88. The third-order valence-corrected chi connectivity index (χ3v) is 6.13. The highest BCUT2D eigenvalue weighted by molar-refractivity contribution is 7.98. The zero-order valence-electron chi connectivity index (χ0n) is 14.6. The molecular weight excluding hydrogens is 392 g/mol. The van der Waals surface area contributed by atoms with E-state index in [1.807, 2.05) is 24.3 Å². The standard InChI is InChI=1S/C18H21ClN2O3S2/c1-21(26(2,23)24)17-9-4-3-8-16(17)18(22)20-10-11-25-13-14-6-5-7-15(19)12-14/h3-9,12H,10-11,13H2,1-2H3,(H,20,22). The summed E-state index contributed by atoms with van der Waals surface area (Å²) in [7, 11) is -2.00. The highest BCUT2D eigenvalue weighted by Crippen LogP contribution is 2.21. The van der Waals surface area contributed by atoms with E-state index in [0.717, 1.165) is 27.6 Å². The van der Waals surface area contributed by atoms with Gasteiger partial charge in [-0.3, -0.25) is 9.10 Å². The first kappa shape index (κ1) is 20.6. The first-order valence-corrected chi connectivity index (χ1v) is 11.3. The molecule has 0 spiro atoms. The molecule has 2 aromatic carbocycles. The summed E-state index contributed by atoms with van der Waals surface area (Å²) in [4.78, 5) is 12.4. The van der Waals surface area contributed by atoms with E-state index in [2.05, 4.69) is 5.32 Å². The lowest BCUT2D eigenvalue weighted by molar-refractivity contribution is 0.0957. The number of sulfonamides is 1. The molecule has 0 radical (unpaired) electrons. The van der Waals surface area contributed by atoms with Crippen LogP contribution in [0.4, 0.5) is 5.69 Å². The van der Waals surface area contributed by atoms with Gasteiger partial charge in [-0.25, -0.2) is 8.42 Å². The van der Waals surface area contributed by atoms with Crippen LogP contribution in [-0.4, -0.2) is 39.9 Å². The Kier molecular flexibility index (Phi) is 7.37. The van der Waals surface area contributed by atoms with Gasteiger partial charge in [-0.2, -0.15) is 11.8 Å². The van der Waals surface area contributed by atoms with Gasteiger partial charge in [0.25, 0.3) is 5.91 Å². The Morgan fingerprint density at radius 2 is 1.92 bits per heavy atom. The van der Waals surface area contributed by atoms with Crippen molar-refractivity contribution in [2.75, 3.05) is 29.9 Å². The Morgan fingerprint density at radius 1 is 1.19 bits per heavy atom. The topological polar surface area (TPSA) is 66.5 Å². The van der Waals surface area contributed by atoms with Crippen molar-refractivity contribution >= 4 is 45.0 Å². The summed E-state index contributed by atoms with van der Waals surface area (Å²) in [5, 5.41) is 3.55. The summed E-state index contributed by atoms with van der Waals surface area (Å²) in [5.74, 6) is 1.26. The van der Waals surface area contributed by atoms with Crippen molar-refractivity contribution in [3.63, 3.8) is 0 Å². The normalized spacial score (nSPS) is 11.2. The van der Waals surface area contributed by atoms with Crippen LogP contribution in [0.2, 0.25) is 5.02 Å². The number of anilines is 1. The van der Waals surface area contributed by atoms with Crippen LogP contribution in [0.25, 0.3) is 0 Å². The largest absolute Gasteiger partial charge is 0.351 e. The maximum absolute atomic E-state index is 12.4. The smallest absolute Gasteiger partial charge is 0.253 e. The van der Waals surface area contributed by atoms with E-state index < -0.39 is 10.0 Å². The molecule has 140 valence electrons. The average molecular weight is 413 g/mol. The minimum atomic E-state index is -3.44. The highest BCUT2D eigenvalue weighted by Gasteiger charge is 2.19. The number of rotatable bonds is 8. The molecule has 5 nitrogen and oxygen atoms in total. The van der Waals surface area contributed by atoms with Crippen molar-refractivity contribution in [1.29, 1.82) is 0 Å². The predicted molar refractivity (Wildman–Crippen MR) is 110 cm³/mol. The van der Waals surface area contributed by atoms with E-state index in [0.29, 0.717) is 22.8 Å². The maximum atomic E-state index is 12.4. The summed E-state index contributed by atoms with van der Waals surface area (Å²) in [6.07, 6.45) is 1.11. The van der Waals surface area contributed by atoms with Crippen LogP contribution >= 0.6 is 23.4 Å². The molecule has 0 aliphatic heterocycles. The number of amides is 1. The second-order valence-electron chi connectivity index (χ2n) is 5.69. The van der Waals surface area contributed by atoms with Gasteiger partial charge in [-0.1, -0.05) is 35.9 Å². The van der Waals surface area contributed by atoms with E-state index in [1.165, 1.54) is 7.05 Å². The van der Waals surface area contributed by atoms with Crippen molar-refractivity contribution in [3.8, 4) is 0 Å². The summed E-state index contributed by atoms with van der Waals surface area (Å²) in [6.45, 7) is 0.487. The molecule has 0 aliphatic rings. The van der Waals surface area contributed by atoms with Crippen LogP contribution in [0.3, 0.4) is 0 Å². The quantitative estimate of drug-likeness (QED) is 0.675. The molecule has 0 aliphatic carbocycles. The fourth-order valence-electron chi connectivity index (χ4n) is 2.27. The van der Waals surface area contributed by atoms with Crippen LogP contribution in [0, 0.1) is 0 Å². The summed E-state index contributed by atoms with van der Waals surface area (Å²) < 4.78 is 24.6. The Bertz CT molecular complexity index is 872. The second-order valence-corrected chi connectivity index (χ2v) is 9.24. The van der Waals surface area contributed by atoms with Crippen LogP contribution < -0.4 is 9.62 Å². The van der Waals surface area contributed by atoms with E-state index in [1.54, 1.807) is 36.0 Å². The Morgan fingerprint density at radius 3 is 2.62 bits per heavy atom. The van der Waals surface area contributed by atoms with Crippen LogP contribution in [0.5, 0.6) is 0 Å². The minimum absolute atomic E-state index is 0.292. The zero-order chi connectivity index (χ0) is 19.2. The summed E-state index contributed by atoms with van der Waals surface area (Å²) in [6, 6.07) is 14.3. The Hall–Kier alpha value is -1.70. The van der Waals surface area contributed by atoms with Gasteiger partial charge in [0.05, 0.1) is 17.5 Å². The van der Waals surface area contributed by atoms with Crippen molar-refractivity contribution < 1.29 is 13.2 Å². The number of nitrogens with zero attached hydrogens (tertiary/aromatic N) is 1. The van der Waals surface area contributed by atoms with Gasteiger partial charge in [0, 0.05) is 30.1 Å². The molecule has 0 unspecified atom stereocenters. The molecule has 2 rings (SSSR count). The first-order valence-electron chi connectivity index (χ1n) is 7.92. The van der Waals surface area contributed by atoms with Crippen molar-refractivity contribution in [2.24, 2.45) is 0 Å². The SMILES string of the molecule is CN(c1ccccc1C(=O)NCCSCc1cccc(Cl)c1)S(C)(=O)=O. The summed E-state index contributed by atoms with van der Waals surface area (Å²) >= 11 is 7.64.